The summed E-state index contributed by atoms with van der Waals surface area (Å²) in [6, 6.07) is 8.50. The maximum Gasteiger partial charge on any atom is 0.335 e. The molecule has 1 aliphatic rings. The zero-order valence-electron chi connectivity index (χ0n) is 11.9. The summed E-state index contributed by atoms with van der Waals surface area (Å²) >= 11 is 1.96. The molecular weight excluding hydrogens is 300 g/mol. The summed E-state index contributed by atoms with van der Waals surface area (Å²) < 4.78 is 0. The number of thioether (sulfide) groups is 1. The van der Waals surface area contributed by atoms with Crippen molar-refractivity contribution < 1.29 is 9.90 Å². The Morgan fingerprint density at radius 2 is 1.91 bits per heavy atom. The Kier molecular flexibility index (Phi) is 4.43. The van der Waals surface area contributed by atoms with Crippen LogP contribution in [0.4, 0.5) is 17.3 Å². The molecule has 0 amide bonds. The van der Waals surface area contributed by atoms with E-state index in [2.05, 4.69) is 20.2 Å². The number of carboxylic acids is 1. The van der Waals surface area contributed by atoms with Crippen LogP contribution in [0.5, 0.6) is 0 Å². The van der Waals surface area contributed by atoms with Gasteiger partial charge in [-0.05, 0) is 24.3 Å². The number of carboxylic acid groups (broad SMARTS) is 1. The minimum absolute atomic E-state index is 0.264. The van der Waals surface area contributed by atoms with Crippen LogP contribution in [-0.4, -0.2) is 45.6 Å². The molecule has 0 radical (unpaired) electrons. The van der Waals surface area contributed by atoms with E-state index in [9.17, 15) is 4.79 Å². The van der Waals surface area contributed by atoms with Crippen LogP contribution in [0.25, 0.3) is 0 Å². The molecule has 1 aromatic carbocycles. The van der Waals surface area contributed by atoms with E-state index >= 15 is 0 Å². The molecule has 0 saturated carbocycles. The number of carbonyl (C=O) groups is 1. The molecule has 1 aromatic heterocycles. The second-order valence-electron chi connectivity index (χ2n) is 4.87. The highest BCUT2D eigenvalue weighted by Gasteiger charge is 2.13. The molecule has 114 valence electrons. The summed E-state index contributed by atoms with van der Waals surface area (Å²) in [7, 11) is 0. The zero-order valence-corrected chi connectivity index (χ0v) is 12.7. The fourth-order valence-corrected chi connectivity index (χ4v) is 3.13. The summed E-state index contributed by atoms with van der Waals surface area (Å²) in [5, 5.41) is 12.1. The van der Waals surface area contributed by atoms with E-state index < -0.39 is 5.97 Å². The van der Waals surface area contributed by atoms with Crippen molar-refractivity contribution in [2.24, 2.45) is 0 Å². The molecule has 1 aliphatic heterocycles. The van der Waals surface area contributed by atoms with Crippen LogP contribution in [0.15, 0.2) is 36.7 Å². The number of nitrogens with zero attached hydrogens (tertiary/aromatic N) is 3. The Morgan fingerprint density at radius 3 is 2.59 bits per heavy atom. The third kappa shape index (κ3) is 3.48. The molecule has 6 nitrogen and oxygen atoms in total. The van der Waals surface area contributed by atoms with E-state index in [0.717, 1.165) is 36.1 Å². The van der Waals surface area contributed by atoms with Crippen LogP contribution in [0, 0.1) is 0 Å². The number of benzene rings is 1. The number of anilines is 3. The van der Waals surface area contributed by atoms with Crippen molar-refractivity contribution in [3.63, 3.8) is 0 Å². The first-order valence-electron chi connectivity index (χ1n) is 6.97. The second-order valence-corrected chi connectivity index (χ2v) is 6.09. The van der Waals surface area contributed by atoms with Gasteiger partial charge in [0.2, 0.25) is 0 Å². The smallest absolute Gasteiger partial charge is 0.335 e. The zero-order chi connectivity index (χ0) is 15.4. The Labute approximate surface area is 132 Å². The number of hydrogen-bond acceptors (Lipinski definition) is 6. The first-order chi connectivity index (χ1) is 10.7. The van der Waals surface area contributed by atoms with E-state index in [0.29, 0.717) is 5.82 Å². The Hall–Kier alpha value is -2.28. The predicted molar refractivity (Wildman–Crippen MR) is 88.3 cm³/mol. The summed E-state index contributed by atoms with van der Waals surface area (Å²) in [6.45, 7) is 1.99. The normalized spacial score (nSPS) is 14.6. The topological polar surface area (TPSA) is 78.4 Å². The molecule has 2 heterocycles. The number of aromatic nitrogens is 2. The van der Waals surface area contributed by atoms with Gasteiger partial charge in [-0.2, -0.15) is 11.8 Å². The van der Waals surface area contributed by atoms with Crippen molar-refractivity contribution in [3.8, 4) is 0 Å². The van der Waals surface area contributed by atoms with Gasteiger partial charge in [0.25, 0.3) is 0 Å². The molecule has 2 N–H and O–H groups in total. The van der Waals surface area contributed by atoms with E-state index in [1.807, 2.05) is 17.8 Å². The van der Waals surface area contributed by atoms with Crippen molar-refractivity contribution >= 4 is 35.1 Å². The van der Waals surface area contributed by atoms with Crippen LogP contribution in [0.1, 0.15) is 10.4 Å². The molecule has 1 saturated heterocycles. The molecule has 3 rings (SSSR count). The minimum atomic E-state index is -0.932. The predicted octanol–water partition coefficient (Wildman–Crippen LogP) is 2.47. The molecule has 0 bridgehead atoms. The summed E-state index contributed by atoms with van der Waals surface area (Å²) in [5.41, 5.74) is 1.06. The average Bonchev–Trinajstić information content (AvgIpc) is 2.56. The number of rotatable bonds is 4. The quantitative estimate of drug-likeness (QED) is 0.897. The highest BCUT2D eigenvalue weighted by molar-refractivity contribution is 7.99. The number of hydrogen-bond donors (Lipinski definition) is 2. The SMILES string of the molecule is O=C(O)c1ccc(Nc2cc(N3CCSCC3)ncn2)cc1. The van der Waals surface area contributed by atoms with E-state index in [-0.39, 0.29) is 5.56 Å². The maximum atomic E-state index is 10.8. The van der Waals surface area contributed by atoms with Gasteiger partial charge in [-0.15, -0.1) is 0 Å². The van der Waals surface area contributed by atoms with Gasteiger partial charge < -0.3 is 15.3 Å². The molecular formula is C15H16N4O2S. The highest BCUT2D eigenvalue weighted by atomic mass is 32.2. The fourth-order valence-electron chi connectivity index (χ4n) is 2.22. The molecule has 0 spiro atoms. The van der Waals surface area contributed by atoms with Gasteiger partial charge in [0.05, 0.1) is 5.56 Å². The van der Waals surface area contributed by atoms with Gasteiger partial charge >= 0.3 is 5.97 Å². The van der Waals surface area contributed by atoms with Gasteiger partial charge in [0, 0.05) is 36.3 Å². The van der Waals surface area contributed by atoms with Crippen LogP contribution in [-0.2, 0) is 0 Å². The molecule has 22 heavy (non-hydrogen) atoms. The van der Waals surface area contributed by atoms with Gasteiger partial charge in [0.1, 0.15) is 18.0 Å². The van der Waals surface area contributed by atoms with Crippen molar-refractivity contribution in [2.45, 2.75) is 0 Å². The molecule has 0 atom stereocenters. The van der Waals surface area contributed by atoms with Crippen molar-refractivity contribution in [3.05, 3.63) is 42.2 Å². The minimum Gasteiger partial charge on any atom is -0.478 e. The lowest BCUT2D eigenvalue weighted by Gasteiger charge is -2.27. The molecule has 1 fully saturated rings. The number of nitrogens with one attached hydrogen (secondary N) is 1. The first kappa shape index (κ1) is 14.6. The lowest BCUT2D eigenvalue weighted by molar-refractivity contribution is 0.0697. The van der Waals surface area contributed by atoms with Gasteiger partial charge in [0.15, 0.2) is 0 Å². The van der Waals surface area contributed by atoms with Crippen LogP contribution in [0.2, 0.25) is 0 Å². The Morgan fingerprint density at radius 1 is 1.18 bits per heavy atom. The maximum absolute atomic E-state index is 10.8. The summed E-state index contributed by atoms with van der Waals surface area (Å²) in [5.74, 6) is 2.91. The molecule has 2 aromatic rings. The molecule has 0 unspecified atom stereocenters. The molecule has 7 heteroatoms. The van der Waals surface area contributed by atoms with E-state index in [1.165, 1.54) is 0 Å². The molecule has 0 aliphatic carbocycles. The van der Waals surface area contributed by atoms with Gasteiger partial charge in [-0.25, -0.2) is 14.8 Å². The lowest BCUT2D eigenvalue weighted by Crippen LogP contribution is -2.33. The lowest BCUT2D eigenvalue weighted by atomic mass is 10.2. The largest absolute Gasteiger partial charge is 0.478 e. The highest BCUT2D eigenvalue weighted by Crippen LogP contribution is 2.21. The monoisotopic (exact) mass is 316 g/mol. The van der Waals surface area contributed by atoms with E-state index in [1.54, 1.807) is 30.6 Å². The van der Waals surface area contributed by atoms with Gasteiger partial charge in [-0.1, -0.05) is 0 Å². The van der Waals surface area contributed by atoms with Crippen LogP contribution in [0.3, 0.4) is 0 Å². The third-order valence-corrected chi connectivity index (χ3v) is 4.33. The summed E-state index contributed by atoms with van der Waals surface area (Å²) in [6.07, 6.45) is 1.55. The fraction of sp³-hybridized carbons (Fsp3) is 0.267. The van der Waals surface area contributed by atoms with Crippen LogP contribution >= 0.6 is 11.8 Å². The van der Waals surface area contributed by atoms with Crippen LogP contribution < -0.4 is 10.2 Å². The Bertz CT molecular complexity index is 657. The second kappa shape index (κ2) is 6.65. The number of aromatic carboxylic acids is 1. The first-order valence-corrected chi connectivity index (χ1v) is 8.13. The third-order valence-electron chi connectivity index (χ3n) is 3.39. The van der Waals surface area contributed by atoms with Crippen molar-refractivity contribution in [2.75, 3.05) is 34.8 Å². The van der Waals surface area contributed by atoms with Crippen molar-refractivity contribution in [1.29, 1.82) is 0 Å². The average molecular weight is 316 g/mol. The summed E-state index contributed by atoms with van der Waals surface area (Å²) in [4.78, 5) is 21.6. The van der Waals surface area contributed by atoms with Gasteiger partial charge in [-0.3, -0.25) is 0 Å². The standard InChI is InChI=1S/C15H16N4O2S/c20-15(21)11-1-3-12(4-2-11)18-13-9-14(17-10-16-13)19-5-7-22-8-6-19/h1-4,9-10H,5-8H2,(H,20,21)(H,16,17,18). The Balaban J connectivity index is 1.73. The van der Waals surface area contributed by atoms with E-state index in [4.69, 9.17) is 5.11 Å². The van der Waals surface area contributed by atoms with Crippen molar-refractivity contribution in [1.82, 2.24) is 9.97 Å².